The maximum atomic E-state index is 9.57. The van der Waals surface area contributed by atoms with Crippen molar-refractivity contribution in [1.82, 2.24) is 89.7 Å². The molecule has 0 unspecified atom stereocenters. The molecule has 0 fully saturated rings. The average Bonchev–Trinajstić information content (AvgIpc) is 0.795. The van der Waals surface area contributed by atoms with Crippen LogP contribution in [0.2, 0.25) is 0 Å². The summed E-state index contributed by atoms with van der Waals surface area (Å²) >= 11 is 0. The zero-order valence-corrected chi connectivity index (χ0v) is 75.4. The van der Waals surface area contributed by atoms with E-state index in [1.807, 2.05) is 255 Å². The van der Waals surface area contributed by atoms with E-state index in [2.05, 4.69) is 97.0 Å². The number of rotatable bonds is 18. The van der Waals surface area contributed by atoms with Gasteiger partial charge in [-0.3, -0.25) is 29.9 Å². The summed E-state index contributed by atoms with van der Waals surface area (Å²) in [7, 11) is 0. The lowest BCUT2D eigenvalue weighted by molar-refractivity contribution is 1.07. The van der Waals surface area contributed by atoms with Gasteiger partial charge in [0, 0.05) is 169 Å². The molecule has 0 aliphatic carbocycles. The molecule has 666 valence electrons. The third-order valence-corrected chi connectivity index (χ3v) is 23.0. The van der Waals surface area contributed by atoms with Gasteiger partial charge in [0.1, 0.15) is 47.4 Å². The van der Waals surface area contributed by atoms with Gasteiger partial charge in [0.25, 0.3) is 0 Å². The molecule has 144 heavy (non-hydrogen) atoms. The van der Waals surface area contributed by atoms with Gasteiger partial charge in [-0.2, -0.15) is 36.8 Å². The van der Waals surface area contributed by atoms with E-state index in [-0.39, 0.29) is 0 Å². The summed E-state index contributed by atoms with van der Waals surface area (Å²) < 4.78 is 0. The first-order valence-electron chi connectivity index (χ1n) is 44.2. The first-order chi connectivity index (χ1) is 70.8. The quantitative estimate of drug-likeness (QED) is 0.0720. The molecule has 0 saturated carbocycles. The smallest absolute Gasteiger partial charge is 0.205 e. The lowest BCUT2D eigenvalue weighted by atomic mass is 10.0. The van der Waals surface area contributed by atoms with Crippen molar-refractivity contribution in [1.29, 1.82) is 36.8 Å². The summed E-state index contributed by atoms with van der Waals surface area (Å²) in [5.74, 6) is 4.38. The first kappa shape index (κ1) is 90.9. The van der Waals surface area contributed by atoms with Crippen LogP contribution in [0.15, 0.2) is 384 Å². The van der Waals surface area contributed by atoms with Crippen molar-refractivity contribution in [3.05, 3.63) is 446 Å². The highest BCUT2D eigenvalue weighted by Crippen LogP contribution is 2.38. The fourth-order valence-corrected chi connectivity index (χ4v) is 15.6. The molecule has 0 aliphatic rings. The lowest BCUT2D eigenvalue weighted by Crippen LogP contribution is -2.00. The van der Waals surface area contributed by atoms with E-state index in [9.17, 15) is 36.8 Å². The van der Waals surface area contributed by atoms with Gasteiger partial charge in [-0.05, 0) is 112 Å². The Hall–Kier alpha value is -22.2. The summed E-state index contributed by atoms with van der Waals surface area (Å²) in [6, 6.07) is 111. The Bertz CT molecular complexity index is 7690. The second-order valence-corrected chi connectivity index (χ2v) is 31.9. The fourth-order valence-electron chi connectivity index (χ4n) is 15.6. The van der Waals surface area contributed by atoms with Crippen LogP contribution in [0.1, 0.15) is 39.3 Å². The van der Waals surface area contributed by atoms with Crippen molar-refractivity contribution in [2.24, 2.45) is 0 Å². The highest BCUT2D eigenvalue weighted by Gasteiger charge is 2.21. The van der Waals surface area contributed by atoms with Crippen LogP contribution in [0.25, 0.3) is 213 Å². The molecule has 0 atom stereocenters. The van der Waals surface area contributed by atoms with Gasteiger partial charge in [0.2, 0.25) is 5.69 Å². The molecule has 0 amide bonds. The van der Waals surface area contributed by atoms with Crippen molar-refractivity contribution in [2.75, 3.05) is 0 Å². The highest BCUT2D eigenvalue weighted by molar-refractivity contribution is 5.83. The van der Waals surface area contributed by atoms with Crippen LogP contribution in [-0.2, 0) is 0 Å². The van der Waals surface area contributed by atoms with Crippen molar-refractivity contribution >= 4 is 11.4 Å². The Labute approximate surface area is 824 Å². The van der Waals surface area contributed by atoms with Crippen LogP contribution in [0.4, 0.5) is 11.4 Å². The van der Waals surface area contributed by atoms with E-state index in [1.54, 1.807) is 117 Å². The van der Waals surface area contributed by atoms with E-state index in [1.165, 1.54) is 12.4 Å². The van der Waals surface area contributed by atoms with Gasteiger partial charge in [-0.25, -0.2) is 69.5 Å². The van der Waals surface area contributed by atoms with Crippen molar-refractivity contribution in [2.45, 2.75) is 0 Å². The Kier molecular flexibility index (Phi) is 26.6. The molecule has 0 spiro atoms. The Balaban J connectivity index is 0.000000137. The van der Waals surface area contributed by atoms with Crippen molar-refractivity contribution < 1.29 is 0 Å². The van der Waals surface area contributed by atoms with Gasteiger partial charge in [-0.1, -0.05) is 237 Å². The highest BCUT2D eigenvalue weighted by atomic mass is 15.1. The minimum absolute atomic E-state index is 0.350. The molecule has 0 N–H and O–H groups in total. The van der Waals surface area contributed by atoms with E-state index >= 15 is 0 Å². The molecule has 21 aromatic rings. The van der Waals surface area contributed by atoms with Crippen LogP contribution in [0.5, 0.6) is 0 Å². The molecular weight excluding hydrogens is 1780 g/mol. The molecule has 0 radical (unpaired) electrons. The number of nitriles is 7. The van der Waals surface area contributed by atoms with Crippen LogP contribution >= 0.6 is 0 Å². The number of benzene rings is 9. The minimum Gasteiger partial charge on any atom is -0.276 e. The zero-order chi connectivity index (χ0) is 98.6. The largest absolute Gasteiger partial charge is 0.276 e. The van der Waals surface area contributed by atoms with E-state index < -0.39 is 0 Å². The standard InChI is InChI=1S/3C39H21N9/c1-42-36-16-35(23-45-24-36)29-6-12-32(13-7-29)39-47-37(30-8-2-27(3-9-30)33-14-25(17-40)19-43-21-33)46-38(48-39)31-10-4-28(5-11-31)34-15-26(18-41)20-44-22-34;1-42-36-16-19-45-24-35(36)27-6-12-30(13-7-27)39-47-37(28-8-2-25(3-9-28)33-22-43-17-14-31(33)20-40)46-38(48-39)29-10-4-26(5-11-29)34-23-44-18-15-32(34)21-41;40-22-31-4-1-7-34(43-31)25-10-16-28(17-11-25)37-46-38(29-18-12-26(13-19-29)35-8-2-5-32(23-41)44-35)48-39(47-37)30-20-14-27(15-21-30)36-9-3-6-33(24-42)45-36/h2-16,19-24H;2-19,22-24H;1-21H. The fraction of sp³-hybridized carbons (Fsp3) is 0. The maximum Gasteiger partial charge on any atom is 0.205 e. The van der Waals surface area contributed by atoms with Crippen LogP contribution in [-0.4, -0.2) is 89.7 Å². The average molecular weight is 1850 g/mol. The van der Waals surface area contributed by atoms with E-state index in [4.69, 9.17) is 58.0 Å². The SMILES string of the molecule is N#Cc1cccc(-c2ccc(-c3nc(-c4ccc(-c5cccc(C#N)n5)cc4)nc(-c4ccc(-c5cccc(C#N)n5)cc4)n3)cc2)n1.[C-]#[N+]c1ccncc1-c1ccc(-c2nc(-c3ccc(-c4cnccc4C#N)cc3)nc(-c3ccc(-c4cnccc4C#N)cc3)n2)cc1.[C-]#[N+]c1cncc(-c2ccc(-c3nc(-c4ccc(-c5cncc(C#N)c5)cc4)nc(-c4ccc(-c5cncc(C#N)c5)cc4)n3)cc2)c1. The molecular formula is C117H63N27. The van der Waals surface area contributed by atoms with Gasteiger partial charge in [0.15, 0.2) is 58.1 Å². The molecule has 21 rings (SSSR count). The monoisotopic (exact) mass is 1850 g/mol. The number of hydrogen-bond acceptors (Lipinski definition) is 25. The summed E-state index contributed by atoms with van der Waals surface area (Å²) in [6.45, 7) is 14.8. The lowest BCUT2D eigenvalue weighted by Gasteiger charge is -2.11. The predicted octanol–water partition coefficient (Wildman–Crippen LogP) is 24.4. The number of hydrogen-bond donors (Lipinski definition) is 0. The van der Waals surface area contributed by atoms with Crippen LogP contribution < -0.4 is 0 Å². The Morgan fingerprint density at radius 2 is 0.438 bits per heavy atom. The second-order valence-electron chi connectivity index (χ2n) is 31.9. The summed E-state index contributed by atoms with van der Waals surface area (Å²) in [6.07, 6.45) is 19.6. The number of aromatic nitrogens is 18. The van der Waals surface area contributed by atoms with E-state index in [0.29, 0.717) is 120 Å². The minimum atomic E-state index is 0.350. The van der Waals surface area contributed by atoms with Gasteiger partial charge in [-0.15, -0.1) is 0 Å². The van der Waals surface area contributed by atoms with E-state index in [0.717, 1.165) is 134 Å². The van der Waals surface area contributed by atoms with Crippen LogP contribution in [0.3, 0.4) is 0 Å². The summed E-state index contributed by atoms with van der Waals surface area (Å²) in [4.78, 5) is 89.3. The predicted molar refractivity (Wildman–Crippen MR) is 543 cm³/mol. The van der Waals surface area contributed by atoms with Crippen molar-refractivity contribution in [3.8, 4) is 246 Å². The molecule has 0 bridgehead atoms. The molecule has 9 aromatic carbocycles. The normalized spacial score (nSPS) is 10.4. The van der Waals surface area contributed by atoms with Gasteiger partial charge >= 0.3 is 0 Å². The van der Waals surface area contributed by atoms with Gasteiger partial charge in [0.05, 0.1) is 64.6 Å². The summed E-state index contributed by atoms with van der Waals surface area (Å²) in [5, 5.41) is 65.5. The molecule has 12 heterocycles. The molecule has 0 saturated heterocycles. The molecule has 27 nitrogen and oxygen atoms in total. The second kappa shape index (κ2) is 42.1. The molecule has 12 aromatic heterocycles. The third-order valence-electron chi connectivity index (χ3n) is 23.0. The number of nitrogens with zero attached hydrogens (tertiary/aromatic N) is 27. The Morgan fingerprint density at radius 3 is 0.708 bits per heavy atom. The molecule has 27 heteroatoms. The maximum absolute atomic E-state index is 9.57. The first-order valence-corrected chi connectivity index (χ1v) is 44.2. The topological polar surface area (TPSA) is 407 Å². The molecule has 0 aliphatic heterocycles. The van der Waals surface area contributed by atoms with Gasteiger partial charge < -0.3 is 0 Å². The zero-order valence-electron chi connectivity index (χ0n) is 75.4. The van der Waals surface area contributed by atoms with Crippen molar-refractivity contribution in [3.63, 3.8) is 0 Å². The number of pyridine rings is 9. The Morgan fingerprint density at radius 1 is 0.188 bits per heavy atom. The summed E-state index contributed by atoms with van der Waals surface area (Å²) in [5.41, 5.74) is 25.9. The van der Waals surface area contributed by atoms with Crippen LogP contribution in [0, 0.1) is 92.5 Å². The third kappa shape index (κ3) is 20.5.